The predicted octanol–water partition coefficient (Wildman–Crippen LogP) is 2.87. The number of aliphatic carboxylic acids is 1. The van der Waals surface area contributed by atoms with Gasteiger partial charge in [-0.1, -0.05) is 30.4 Å². The maximum Gasteiger partial charge on any atom is 0.303 e. The van der Waals surface area contributed by atoms with Crippen molar-refractivity contribution in [1.82, 2.24) is 0 Å². The van der Waals surface area contributed by atoms with Crippen LogP contribution in [0.5, 0.6) is 0 Å². The molecular formula is C13H13NO2. The molecule has 1 aliphatic heterocycles. The van der Waals surface area contributed by atoms with Crippen molar-refractivity contribution in [2.75, 3.05) is 5.32 Å². The summed E-state index contributed by atoms with van der Waals surface area (Å²) < 4.78 is 0. The van der Waals surface area contributed by atoms with E-state index in [0.717, 1.165) is 16.9 Å². The molecule has 82 valence electrons. The minimum absolute atomic E-state index is 0.148. The number of carbonyl (C=O) groups is 1. The molecule has 2 rings (SSSR count). The Morgan fingerprint density at radius 3 is 2.94 bits per heavy atom. The fourth-order valence-electron chi connectivity index (χ4n) is 1.63. The first-order valence-electron chi connectivity index (χ1n) is 5.21. The Hall–Kier alpha value is -2.03. The molecule has 0 saturated heterocycles. The van der Waals surface area contributed by atoms with Gasteiger partial charge in [-0.15, -0.1) is 0 Å². The van der Waals surface area contributed by atoms with Crippen molar-refractivity contribution in [2.24, 2.45) is 0 Å². The Bertz CT molecular complexity index is 461. The Morgan fingerprint density at radius 1 is 1.31 bits per heavy atom. The van der Waals surface area contributed by atoms with E-state index in [1.54, 1.807) is 0 Å². The van der Waals surface area contributed by atoms with Crippen molar-refractivity contribution in [3.05, 3.63) is 47.7 Å². The average molecular weight is 215 g/mol. The maximum atomic E-state index is 10.5. The topological polar surface area (TPSA) is 49.3 Å². The number of carboxylic acid groups (broad SMARTS) is 1. The van der Waals surface area contributed by atoms with Crippen molar-refractivity contribution >= 4 is 17.7 Å². The average Bonchev–Trinajstić information content (AvgIpc) is 2.47. The predicted molar refractivity (Wildman–Crippen MR) is 64.1 cm³/mol. The molecule has 0 spiro atoms. The molecule has 16 heavy (non-hydrogen) atoms. The van der Waals surface area contributed by atoms with Crippen molar-refractivity contribution < 1.29 is 9.90 Å². The van der Waals surface area contributed by atoms with E-state index in [0.29, 0.717) is 6.42 Å². The molecule has 1 aromatic rings. The van der Waals surface area contributed by atoms with E-state index in [2.05, 4.69) is 5.32 Å². The maximum absolute atomic E-state index is 10.5. The lowest BCUT2D eigenvalue weighted by Crippen LogP contribution is -2.03. The second-order valence-corrected chi connectivity index (χ2v) is 3.66. The molecule has 0 unspecified atom stereocenters. The molecule has 0 atom stereocenters. The summed E-state index contributed by atoms with van der Waals surface area (Å²) in [7, 11) is 0. The molecule has 1 aliphatic rings. The van der Waals surface area contributed by atoms with Gasteiger partial charge in [-0.05, 0) is 24.1 Å². The lowest BCUT2D eigenvalue weighted by atomic mass is 10.1. The number of fused-ring (bicyclic) bond motifs is 1. The molecule has 0 aromatic heterocycles. The molecule has 1 aromatic carbocycles. The van der Waals surface area contributed by atoms with Crippen molar-refractivity contribution in [3.8, 4) is 0 Å². The van der Waals surface area contributed by atoms with Crippen LogP contribution in [0.15, 0.2) is 42.1 Å². The lowest BCUT2D eigenvalue weighted by molar-refractivity contribution is -0.136. The summed E-state index contributed by atoms with van der Waals surface area (Å²) in [6.07, 6.45) is 6.54. The zero-order chi connectivity index (χ0) is 11.4. The van der Waals surface area contributed by atoms with E-state index in [4.69, 9.17) is 5.11 Å². The van der Waals surface area contributed by atoms with E-state index in [9.17, 15) is 4.79 Å². The van der Waals surface area contributed by atoms with Crippen molar-refractivity contribution in [2.45, 2.75) is 12.8 Å². The molecule has 1 heterocycles. The molecule has 0 fully saturated rings. The zero-order valence-electron chi connectivity index (χ0n) is 8.81. The number of rotatable bonds is 3. The number of anilines is 1. The quantitative estimate of drug-likeness (QED) is 0.815. The number of allylic oxidation sites excluding steroid dienone is 3. The van der Waals surface area contributed by atoms with Crippen LogP contribution in [0.2, 0.25) is 0 Å². The highest BCUT2D eigenvalue weighted by Crippen LogP contribution is 2.22. The van der Waals surface area contributed by atoms with Gasteiger partial charge in [-0.25, -0.2) is 0 Å². The van der Waals surface area contributed by atoms with Gasteiger partial charge in [0.2, 0.25) is 0 Å². The van der Waals surface area contributed by atoms with Gasteiger partial charge in [-0.2, -0.15) is 0 Å². The SMILES string of the molecule is O=C(O)CCC1=CC=Cc2ccccc2N1. The number of benzene rings is 1. The van der Waals surface area contributed by atoms with E-state index in [1.165, 1.54) is 0 Å². The van der Waals surface area contributed by atoms with Crippen LogP contribution in [0.25, 0.3) is 6.08 Å². The molecular weight excluding hydrogens is 202 g/mol. The van der Waals surface area contributed by atoms with Crippen LogP contribution < -0.4 is 5.32 Å². The van der Waals surface area contributed by atoms with Crippen LogP contribution in [0.3, 0.4) is 0 Å². The van der Waals surface area contributed by atoms with Crippen molar-refractivity contribution in [1.29, 1.82) is 0 Å². The molecule has 3 heteroatoms. The first-order valence-corrected chi connectivity index (χ1v) is 5.21. The van der Waals surface area contributed by atoms with Crippen molar-refractivity contribution in [3.63, 3.8) is 0 Å². The standard InChI is InChI=1S/C13H13NO2/c15-13(16)9-8-11-6-3-5-10-4-1-2-7-12(10)14-11/h1-7,14H,8-9H2,(H,15,16). The van der Waals surface area contributed by atoms with Gasteiger partial charge in [0, 0.05) is 11.4 Å². The van der Waals surface area contributed by atoms with Crippen LogP contribution in [-0.4, -0.2) is 11.1 Å². The summed E-state index contributed by atoms with van der Waals surface area (Å²) in [5.41, 5.74) is 3.07. The third-order valence-electron chi connectivity index (χ3n) is 2.44. The third kappa shape index (κ3) is 2.51. The highest BCUT2D eigenvalue weighted by molar-refractivity contribution is 5.72. The lowest BCUT2D eigenvalue weighted by Gasteiger charge is -2.10. The smallest absolute Gasteiger partial charge is 0.303 e. The van der Waals surface area contributed by atoms with Gasteiger partial charge in [-0.3, -0.25) is 4.79 Å². The second kappa shape index (κ2) is 4.66. The molecule has 2 N–H and O–H groups in total. The minimum atomic E-state index is -0.774. The Balaban J connectivity index is 2.13. The number of para-hydroxylation sites is 1. The zero-order valence-corrected chi connectivity index (χ0v) is 8.81. The van der Waals surface area contributed by atoms with Crippen LogP contribution in [-0.2, 0) is 4.79 Å². The molecule has 0 bridgehead atoms. The first kappa shape index (κ1) is 10.5. The molecule has 0 amide bonds. The number of hydrogen-bond acceptors (Lipinski definition) is 2. The summed E-state index contributed by atoms with van der Waals surface area (Å²) in [6, 6.07) is 7.94. The Morgan fingerprint density at radius 2 is 2.12 bits per heavy atom. The molecule has 0 saturated carbocycles. The van der Waals surface area contributed by atoms with E-state index in [1.807, 2.05) is 42.5 Å². The highest BCUT2D eigenvalue weighted by atomic mass is 16.4. The second-order valence-electron chi connectivity index (χ2n) is 3.66. The normalized spacial score (nSPS) is 13.4. The number of nitrogens with one attached hydrogen (secondary N) is 1. The first-order chi connectivity index (χ1) is 7.75. The van der Waals surface area contributed by atoms with Crippen LogP contribution in [0, 0.1) is 0 Å². The van der Waals surface area contributed by atoms with Gasteiger partial charge in [0.25, 0.3) is 0 Å². The third-order valence-corrected chi connectivity index (χ3v) is 2.44. The van der Waals surface area contributed by atoms with Crippen LogP contribution >= 0.6 is 0 Å². The van der Waals surface area contributed by atoms with Gasteiger partial charge in [0.15, 0.2) is 0 Å². The van der Waals surface area contributed by atoms with E-state index < -0.39 is 5.97 Å². The molecule has 3 nitrogen and oxygen atoms in total. The van der Waals surface area contributed by atoms with Gasteiger partial charge in [0.05, 0.1) is 6.42 Å². The Kier molecular flexibility index (Phi) is 3.05. The fraction of sp³-hybridized carbons (Fsp3) is 0.154. The van der Waals surface area contributed by atoms with E-state index in [-0.39, 0.29) is 6.42 Å². The van der Waals surface area contributed by atoms with Crippen LogP contribution in [0.1, 0.15) is 18.4 Å². The molecule has 0 radical (unpaired) electrons. The van der Waals surface area contributed by atoms with Gasteiger partial charge in [0.1, 0.15) is 0 Å². The minimum Gasteiger partial charge on any atom is -0.481 e. The summed E-state index contributed by atoms with van der Waals surface area (Å²) in [6.45, 7) is 0. The monoisotopic (exact) mass is 215 g/mol. The largest absolute Gasteiger partial charge is 0.481 e. The summed E-state index contributed by atoms with van der Waals surface area (Å²) >= 11 is 0. The molecule has 0 aliphatic carbocycles. The van der Waals surface area contributed by atoms with E-state index >= 15 is 0 Å². The number of hydrogen-bond donors (Lipinski definition) is 2. The summed E-state index contributed by atoms with van der Waals surface area (Å²) in [4.78, 5) is 10.5. The summed E-state index contributed by atoms with van der Waals surface area (Å²) in [5.74, 6) is -0.774. The van der Waals surface area contributed by atoms with Crippen LogP contribution in [0.4, 0.5) is 5.69 Å². The number of carboxylic acids is 1. The van der Waals surface area contributed by atoms with Gasteiger partial charge >= 0.3 is 5.97 Å². The Labute approximate surface area is 94.1 Å². The highest BCUT2D eigenvalue weighted by Gasteiger charge is 2.06. The van der Waals surface area contributed by atoms with Gasteiger partial charge < -0.3 is 10.4 Å². The summed E-state index contributed by atoms with van der Waals surface area (Å²) in [5, 5.41) is 11.9. The fourth-order valence-corrected chi connectivity index (χ4v) is 1.63.